The molecule has 2 heterocycles. The van der Waals surface area contributed by atoms with E-state index in [1.54, 1.807) is 53.7 Å². The van der Waals surface area contributed by atoms with Gasteiger partial charge in [-0.25, -0.2) is 13.2 Å². The molecule has 4 aliphatic rings. The standard InChI is InChI=1S/C30H46N4O10S/c1-28(2,3)26(38)43-19-15-22-23(35)32-30(25(37)33-45(40,41)20-11-12-20)16-18(30)9-7-13-42-14-8-10-21(24(36)34(22)17-19)31-27(39)44-29(4,5)6/h7,9,18-22H,8,10-17H2,1-6H3,(H,31,39)(H,32,35)(H,33,37). The molecule has 4 rings (SSSR count). The summed E-state index contributed by atoms with van der Waals surface area (Å²) >= 11 is 0. The van der Waals surface area contributed by atoms with Gasteiger partial charge in [0.2, 0.25) is 21.8 Å². The van der Waals surface area contributed by atoms with Crippen molar-refractivity contribution in [2.24, 2.45) is 11.3 Å². The number of hydrogen-bond donors (Lipinski definition) is 3. The van der Waals surface area contributed by atoms with Crippen LogP contribution in [-0.4, -0.2) is 97.4 Å². The summed E-state index contributed by atoms with van der Waals surface area (Å²) in [7, 11) is -3.90. The van der Waals surface area contributed by atoms with Gasteiger partial charge in [0.05, 0.1) is 23.8 Å². The average Bonchev–Trinajstić information content (AvgIpc) is 3.82. The van der Waals surface area contributed by atoms with Crippen LogP contribution in [0.25, 0.3) is 0 Å². The van der Waals surface area contributed by atoms with Crippen LogP contribution >= 0.6 is 0 Å². The van der Waals surface area contributed by atoms with Crippen LogP contribution in [0.2, 0.25) is 0 Å². The van der Waals surface area contributed by atoms with Gasteiger partial charge in [-0.05, 0) is 73.6 Å². The van der Waals surface area contributed by atoms with E-state index in [-0.39, 0.29) is 39.0 Å². The van der Waals surface area contributed by atoms with E-state index in [1.165, 1.54) is 4.90 Å². The maximum Gasteiger partial charge on any atom is 0.408 e. The highest BCUT2D eigenvalue weighted by Crippen LogP contribution is 2.46. The lowest BCUT2D eigenvalue weighted by molar-refractivity contribution is -0.158. The Balaban J connectivity index is 1.63. The zero-order valence-electron chi connectivity index (χ0n) is 26.8. The highest BCUT2D eigenvalue weighted by Gasteiger charge is 2.62. The largest absolute Gasteiger partial charge is 0.460 e. The zero-order valence-corrected chi connectivity index (χ0v) is 27.7. The molecule has 5 unspecified atom stereocenters. The number of amides is 4. The van der Waals surface area contributed by atoms with Gasteiger partial charge in [-0.1, -0.05) is 12.2 Å². The zero-order chi connectivity index (χ0) is 33.4. The second-order valence-corrected chi connectivity index (χ2v) is 16.3. The SMILES string of the molecule is CC(C)(C)OC(=O)NC1CCCOCC=CC2CC2(C(=O)NS(=O)(=O)C2CC2)NC(=O)C2CC(OC(=O)C(C)(C)C)CN2C1=O. The van der Waals surface area contributed by atoms with Crippen LogP contribution in [-0.2, 0) is 43.4 Å². The van der Waals surface area contributed by atoms with Crippen LogP contribution in [0.4, 0.5) is 4.79 Å². The number of carbonyl (C=O) groups excluding carboxylic acids is 5. The van der Waals surface area contributed by atoms with Crippen LogP contribution in [0, 0.1) is 11.3 Å². The Morgan fingerprint density at radius 1 is 1.09 bits per heavy atom. The normalized spacial score (nSPS) is 29.7. The molecule has 252 valence electrons. The van der Waals surface area contributed by atoms with Gasteiger partial charge in [0, 0.05) is 18.9 Å². The first-order valence-corrected chi connectivity index (χ1v) is 17.0. The number of carbonyl (C=O) groups is 5. The van der Waals surface area contributed by atoms with Crippen molar-refractivity contribution in [1.82, 2.24) is 20.3 Å². The minimum absolute atomic E-state index is 0.0553. The maximum atomic E-state index is 14.0. The molecule has 4 amide bonds. The van der Waals surface area contributed by atoms with E-state index in [0.717, 1.165) is 0 Å². The third-order valence-electron chi connectivity index (χ3n) is 8.05. The summed E-state index contributed by atoms with van der Waals surface area (Å²) < 4.78 is 44.1. The van der Waals surface area contributed by atoms with Gasteiger partial charge in [0.15, 0.2) is 0 Å². The van der Waals surface area contributed by atoms with E-state index >= 15 is 0 Å². The molecule has 2 saturated carbocycles. The van der Waals surface area contributed by atoms with Gasteiger partial charge in [-0.15, -0.1) is 0 Å². The van der Waals surface area contributed by atoms with Gasteiger partial charge in [0.1, 0.15) is 29.3 Å². The fourth-order valence-electron chi connectivity index (χ4n) is 5.34. The van der Waals surface area contributed by atoms with E-state index in [2.05, 4.69) is 15.4 Å². The molecule has 2 aliphatic heterocycles. The minimum Gasteiger partial charge on any atom is -0.460 e. The van der Waals surface area contributed by atoms with Crippen LogP contribution in [0.15, 0.2) is 12.2 Å². The van der Waals surface area contributed by atoms with Crippen LogP contribution in [0.5, 0.6) is 0 Å². The Morgan fingerprint density at radius 3 is 2.40 bits per heavy atom. The molecule has 0 aromatic carbocycles. The number of nitrogens with one attached hydrogen (secondary N) is 3. The number of nitrogens with zero attached hydrogens (tertiary/aromatic N) is 1. The summed E-state index contributed by atoms with van der Waals surface area (Å²) in [5, 5.41) is 4.72. The first-order chi connectivity index (χ1) is 20.8. The third kappa shape index (κ3) is 8.75. The van der Waals surface area contributed by atoms with Gasteiger partial charge in [-0.2, -0.15) is 0 Å². The molecule has 0 spiro atoms. The molecule has 0 aromatic rings. The minimum atomic E-state index is -3.90. The molecule has 45 heavy (non-hydrogen) atoms. The van der Waals surface area contributed by atoms with Crippen molar-refractivity contribution in [1.29, 1.82) is 0 Å². The Labute approximate surface area is 264 Å². The van der Waals surface area contributed by atoms with Crippen molar-refractivity contribution in [3.63, 3.8) is 0 Å². The predicted octanol–water partition coefficient (Wildman–Crippen LogP) is 1.29. The van der Waals surface area contributed by atoms with Crippen LogP contribution in [0.3, 0.4) is 0 Å². The van der Waals surface area contributed by atoms with E-state index < -0.39 is 85.7 Å². The molecule has 3 fully saturated rings. The predicted molar refractivity (Wildman–Crippen MR) is 161 cm³/mol. The number of fused-ring (bicyclic) bond motifs is 2. The summed E-state index contributed by atoms with van der Waals surface area (Å²) in [5.41, 5.74) is -3.22. The topological polar surface area (TPSA) is 187 Å². The van der Waals surface area contributed by atoms with Crippen molar-refractivity contribution in [2.45, 2.75) is 115 Å². The van der Waals surface area contributed by atoms with E-state index in [0.29, 0.717) is 19.3 Å². The summed E-state index contributed by atoms with van der Waals surface area (Å²) in [6.45, 7) is 10.4. The van der Waals surface area contributed by atoms with Gasteiger partial charge >= 0.3 is 12.1 Å². The second kappa shape index (κ2) is 12.9. The summed E-state index contributed by atoms with van der Waals surface area (Å²) in [6, 6.07) is -2.26. The number of rotatable bonds is 5. The van der Waals surface area contributed by atoms with Crippen molar-refractivity contribution >= 4 is 39.8 Å². The van der Waals surface area contributed by atoms with Gasteiger partial charge in [0.25, 0.3) is 5.91 Å². The number of alkyl carbamates (subject to hydrolysis) is 1. The quantitative estimate of drug-likeness (QED) is 0.288. The van der Waals surface area contributed by atoms with Crippen LogP contribution in [0.1, 0.15) is 80.1 Å². The Bertz CT molecular complexity index is 1330. The fourth-order valence-corrected chi connectivity index (χ4v) is 6.70. The smallest absolute Gasteiger partial charge is 0.408 e. The maximum absolute atomic E-state index is 14.0. The highest BCUT2D eigenvalue weighted by molar-refractivity contribution is 7.91. The first-order valence-electron chi connectivity index (χ1n) is 15.5. The van der Waals surface area contributed by atoms with E-state index in [1.807, 2.05) is 0 Å². The Morgan fingerprint density at radius 2 is 1.78 bits per heavy atom. The summed E-state index contributed by atoms with van der Waals surface area (Å²) in [6.07, 6.45) is 3.32. The molecule has 14 nitrogen and oxygen atoms in total. The monoisotopic (exact) mass is 654 g/mol. The second-order valence-electron chi connectivity index (χ2n) is 14.3. The fraction of sp³-hybridized carbons (Fsp3) is 0.767. The molecule has 1 saturated heterocycles. The van der Waals surface area contributed by atoms with Crippen molar-refractivity contribution < 1.29 is 46.6 Å². The molecule has 0 aromatic heterocycles. The molecule has 15 heteroatoms. The van der Waals surface area contributed by atoms with Crippen molar-refractivity contribution in [3.8, 4) is 0 Å². The lowest BCUT2D eigenvalue weighted by Gasteiger charge is -2.30. The van der Waals surface area contributed by atoms with Gasteiger partial charge < -0.3 is 29.7 Å². The molecule has 5 atom stereocenters. The number of esters is 1. The summed E-state index contributed by atoms with van der Waals surface area (Å²) in [5.74, 6) is -3.16. The third-order valence-corrected chi connectivity index (χ3v) is 9.87. The number of sulfonamides is 1. The first kappa shape index (κ1) is 34.7. The van der Waals surface area contributed by atoms with E-state index in [4.69, 9.17) is 14.2 Å². The van der Waals surface area contributed by atoms with Crippen molar-refractivity contribution in [2.75, 3.05) is 19.8 Å². The Hall–Kier alpha value is -3.20. The molecule has 3 N–H and O–H groups in total. The number of ether oxygens (including phenoxy) is 3. The number of hydrogen-bond acceptors (Lipinski definition) is 10. The molecular weight excluding hydrogens is 608 g/mol. The average molecular weight is 655 g/mol. The highest BCUT2D eigenvalue weighted by atomic mass is 32.2. The Kier molecular flexibility index (Phi) is 9.93. The molecular formula is C30H46N4O10S. The lowest BCUT2D eigenvalue weighted by Crippen LogP contribution is -2.58. The summed E-state index contributed by atoms with van der Waals surface area (Å²) in [4.78, 5) is 68.1. The molecule has 0 bridgehead atoms. The molecule has 2 aliphatic carbocycles. The van der Waals surface area contributed by atoms with Gasteiger partial charge in [-0.3, -0.25) is 23.9 Å². The lowest BCUT2D eigenvalue weighted by atomic mass is 9.97. The molecule has 0 radical (unpaired) electrons. The van der Waals surface area contributed by atoms with E-state index in [9.17, 15) is 32.4 Å². The van der Waals surface area contributed by atoms with Crippen molar-refractivity contribution in [3.05, 3.63) is 12.2 Å². The van der Waals surface area contributed by atoms with Crippen LogP contribution < -0.4 is 15.4 Å².